The number of hydrogen-bond donors (Lipinski definition) is 2. The zero-order chi connectivity index (χ0) is 13.5. The standard InChI is InChI=1S/C12H16N2O4/c1-17-9-4-2-8(3-5-9)7-18-10(12(14)16)6-11(13)15/h2-5,10H,6-7H2,1H3,(H2,13,15)(H2,14,16). The Bertz CT molecular complexity index is 417. The molecule has 0 fully saturated rings. The van der Waals surface area contributed by atoms with Crippen molar-refractivity contribution >= 4 is 11.8 Å². The van der Waals surface area contributed by atoms with Crippen molar-refractivity contribution in [2.45, 2.75) is 19.1 Å². The summed E-state index contributed by atoms with van der Waals surface area (Å²) in [6.45, 7) is 0.172. The Kier molecular flexibility index (Phi) is 5.13. The van der Waals surface area contributed by atoms with Gasteiger partial charge in [-0.3, -0.25) is 9.59 Å². The van der Waals surface area contributed by atoms with E-state index in [1.165, 1.54) is 0 Å². The molecule has 4 N–H and O–H groups in total. The summed E-state index contributed by atoms with van der Waals surface area (Å²) in [4.78, 5) is 21.8. The lowest BCUT2D eigenvalue weighted by molar-refractivity contribution is -0.135. The van der Waals surface area contributed by atoms with E-state index in [1.54, 1.807) is 31.4 Å². The van der Waals surface area contributed by atoms with Crippen molar-refractivity contribution in [1.29, 1.82) is 0 Å². The molecule has 0 aromatic heterocycles. The Labute approximate surface area is 105 Å². The topological polar surface area (TPSA) is 105 Å². The quantitative estimate of drug-likeness (QED) is 0.709. The summed E-state index contributed by atoms with van der Waals surface area (Å²) in [6, 6.07) is 7.13. The molecule has 1 aromatic rings. The van der Waals surface area contributed by atoms with Gasteiger partial charge in [0, 0.05) is 0 Å². The van der Waals surface area contributed by atoms with Gasteiger partial charge in [0.2, 0.25) is 11.8 Å². The lowest BCUT2D eigenvalue weighted by Crippen LogP contribution is -2.35. The van der Waals surface area contributed by atoms with Crippen molar-refractivity contribution in [2.24, 2.45) is 11.5 Å². The molecule has 0 spiro atoms. The fourth-order valence-electron chi connectivity index (χ4n) is 1.34. The molecule has 0 aliphatic carbocycles. The van der Waals surface area contributed by atoms with Gasteiger partial charge in [0.15, 0.2) is 0 Å². The van der Waals surface area contributed by atoms with Gasteiger partial charge in [0.1, 0.15) is 11.9 Å². The maximum Gasteiger partial charge on any atom is 0.247 e. The molecule has 1 aromatic carbocycles. The third kappa shape index (κ3) is 4.42. The van der Waals surface area contributed by atoms with Crippen LogP contribution in [0.25, 0.3) is 0 Å². The Balaban J connectivity index is 2.55. The largest absolute Gasteiger partial charge is 0.497 e. The molecular weight excluding hydrogens is 236 g/mol. The first-order valence-electron chi connectivity index (χ1n) is 5.35. The Morgan fingerprint density at radius 3 is 2.28 bits per heavy atom. The highest BCUT2D eigenvalue weighted by Gasteiger charge is 2.18. The fourth-order valence-corrected chi connectivity index (χ4v) is 1.34. The van der Waals surface area contributed by atoms with Gasteiger partial charge in [-0.15, -0.1) is 0 Å². The molecule has 0 saturated heterocycles. The first kappa shape index (κ1) is 14.0. The van der Waals surface area contributed by atoms with Crippen molar-refractivity contribution in [2.75, 3.05) is 7.11 Å². The molecule has 0 aliphatic heterocycles. The van der Waals surface area contributed by atoms with E-state index in [9.17, 15) is 9.59 Å². The molecule has 1 atom stereocenters. The molecule has 1 unspecified atom stereocenters. The summed E-state index contributed by atoms with van der Waals surface area (Å²) >= 11 is 0. The number of benzene rings is 1. The number of primary amides is 2. The number of methoxy groups -OCH3 is 1. The number of hydrogen-bond acceptors (Lipinski definition) is 4. The van der Waals surface area contributed by atoms with Crippen LogP contribution >= 0.6 is 0 Å². The van der Waals surface area contributed by atoms with Crippen LogP contribution in [0.15, 0.2) is 24.3 Å². The second-order valence-corrected chi connectivity index (χ2v) is 3.72. The van der Waals surface area contributed by atoms with Crippen molar-refractivity contribution < 1.29 is 19.1 Å². The van der Waals surface area contributed by atoms with Gasteiger partial charge in [-0.05, 0) is 17.7 Å². The van der Waals surface area contributed by atoms with E-state index in [1.807, 2.05) is 0 Å². The van der Waals surface area contributed by atoms with Crippen LogP contribution in [0.1, 0.15) is 12.0 Å². The predicted octanol–water partition coefficient (Wildman–Crippen LogP) is -0.0589. The van der Waals surface area contributed by atoms with Gasteiger partial charge < -0.3 is 20.9 Å². The molecule has 6 heteroatoms. The van der Waals surface area contributed by atoms with Gasteiger partial charge in [-0.1, -0.05) is 12.1 Å². The third-order valence-corrected chi connectivity index (χ3v) is 2.31. The van der Waals surface area contributed by atoms with Crippen molar-refractivity contribution in [3.05, 3.63) is 29.8 Å². The van der Waals surface area contributed by atoms with Crippen LogP contribution in [0.2, 0.25) is 0 Å². The monoisotopic (exact) mass is 252 g/mol. The number of carbonyl (C=O) groups excluding carboxylic acids is 2. The summed E-state index contributed by atoms with van der Waals surface area (Å²) in [5.74, 6) is -0.613. The van der Waals surface area contributed by atoms with Crippen LogP contribution in [0.5, 0.6) is 5.75 Å². The molecular formula is C12H16N2O4. The van der Waals surface area contributed by atoms with Crippen LogP contribution in [-0.4, -0.2) is 25.0 Å². The molecule has 0 aliphatic rings. The van der Waals surface area contributed by atoms with Crippen LogP contribution in [-0.2, 0) is 20.9 Å². The fraction of sp³-hybridized carbons (Fsp3) is 0.333. The van der Waals surface area contributed by atoms with Gasteiger partial charge in [0.05, 0.1) is 20.1 Å². The Morgan fingerprint density at radius 1 is 1.22 bits per heavy atom. The van der Waals surface area contributed by atoms with E-state index in [-0.39, 0.29) is 13.0 Å². The number of carbonyl (C=O) groups is 2. The van der Waals surface area contributed by atoms with E-state index < -0.39 is 17.9 Å². The summed E-state index contributed by atoms with van der Waals surface area (Å²) < 4.78 is 10.3. The van der Waals surface area contributed by atoms with Gasteiger partial charge >= 0.3 is 0 Å². The summed E-state index contributed by atoms with van der Waals surface area (Å²) in [6.07, 6.45) is -1.21. The second kappa shape index (κ2) is 6.61. The van der Waals surface area contributed by atoms with Gasteiger partial charge in [-0.25, -0.2) is 0 Å². The number of rotatable bonds is 7. The number of ether oxygens (including phenoxy) is 2. The Hall–Kier alpha value is -2.08. The van der Waals surface area contributed by atoms with E-state index in [0.29, 0.717) is 0 Å². The summed E-state index contributed by atoms with van der Waals surface area (Å²) in [7, 11) is 1.57. The average molecular weight is 252 g/mol. The van der Waals surface area contributed by atoms with Gasteiger partial charge in [0.25, 0.3) is 0 Å². The first-order chi connectivity index (χ1) is 8.52. The molecule has 18 heavy (non-hydrogen) atoms. The summed E-state index contributed by atoms with van der Waals surface area (Å²) in [5.41, 5.74) is 10.9. The van der Waals surface area contributed by atoms with Crippen LogP contribution in [0.3, 0.4) is 0 Å². The van der Waals surface area contributed by atoms with Crippen molar-refractivity contribution in [3.8, 4) is 5.75 Å². The minimum atomic E-state index is -0.996. The molecule has 6 nitrogen and oxygen atoms in total. The highest BCUT2D eigenvalue weighted by atomic mass is 16.5. The smallest absolute Gasteiger partial charge is 0.247 e. The average Bonchev–Trinajstić information content (AvgIpc) is 2.34. The normalized spacial score (nSPS) is 11.8. The van der Waals surface area contributed by atoms with Gasteiger partial charge in [-0.2, -0.15) is 0 Å². The predicted molar refractivity (Wildman–Crippen MR) is 64.6 cm³/mol. The Morgan fingerprint density at radius 2 is 1.83 bits per heavy atom. The lowest BCUT2D eigenvalue weighted by atomic mass is 10.2. The zero-order valence-electron chi connectivity index (χ0n) is 10.1. The van der Waals surface area contributed by atoms with E-state index in [4.69, 9.17) is 20.9 Å². The van der Waals surface area contributed by atoms with E-state index >= 15 is 0 Å². The van der Waals surface area contributed by atoms with Crippen LogP contribution < -0.4 is 16.2 Å². The third-order valence-electron chi connectivity index (χ3n) is 2.31. The molecule has 0 bridgehead atoms. The molecule has 0 heterocycles. The van der Waals surface area contributed by atoms with Crippen LogP contribution in [0.4, 0.5) is 0 Å². The highest BCUT2D eigenvalue weighted by Crippen LogP contribution is 2.13. The zero-order valence-corrected chi connectivity index (χ0v) is 10.1. The lowest BCUT2D eigenvalue weighted by Gasteiger charge is -2.13. The molecule has 0 saturated carbocycles. The van der Waals surface area contributed by atoms with Crippen molar-refractivity contribution in [3.63, 3.8) is 0 Å². The maximum absolute atomic E-state index is 11.0. The maximum atomic E-state index is 11.0. The minimum absolute atomic E-state index is 0.172. The van der Waals surface area contributed by atoms with E-state index in [2.05, 4.69) is 0 Å². The minimum Gasteiger partial charge on any atom is -0.497 e. The molecule has 1 rings (SSSR count). The first-order valence-corrected chi connectivity index (χ1v) is 5.35. The number of amides is 2. The van der Waals surface area contributed by atoms with Crippen molar-refractivity contribution in [1.82, 2.24) is 0 Å². The SMILES string of the molecule is COc1ccc(COC(CC(N)=O)C(N)=O)cc1. The molecule has 0 radical (unpaired) electrons. The summed E-state index contributed by atoms with van der Waals surface area (Å²) in [5, 5.41) is 0. The highest BCUT2D eigenvalue weighted by molar-refractivity contribution is 5.85. The number of nitrogens with two attached hydrogens (primary N) is 2. The second-order valence-electron chi connectivity index (χ2n) is 3.72. The van der Waals surface area contributed by atoms with E-state index in [0.717, 1.165) is 11.3 Å². The van der Waals surface area contributed by atoms with Crippen LogP contribution in [0, 0.1) is 0 Å². The molecule has 98 valence electrons. The molecule has 2 amide bonds.